The third kappa shape index (κ3) is 2.84. The van der Waals surface area contributed by atoms with Crippen LogP contribution in [0.5, 0.6) is 0 Å². The Bertz CT molecular complexity index is 485. The summed E-state index contributed by atoms with van der Waals surface area (Å²) < 4.78 is 0. The molecule has 0 aliphatic rings. The van der Waals surface area contributed by atoms with Gasteiger partial charge in [0.1, 0.15) is 0 Å². The molecule has 1 aromatic heterocycles. The lowest BCUT2D eigenvalue weighted by Crippen LogP contribution is -2.18. The molecule has 0 bridgehead atoms. The van der Waals surface area contributed by atoms with Crippen LogP contribution in [0.3, 0.4) is 0 Å². The molecule has 0 spiro atoms. The summed E-state index contributed by atoms with van der Waals surface area (Å²) in [6.07, 6.45) is 1.79. The van der Waals surface area contributed by atoms with Crippen LogP contribution in [0.4, 0.5) is 0 Å². The van der Waals surface area contributed by atoms with Crippen molar-refractivity contribution in [3.63, 3.8) is 0 Å². The molecule has 0 aliphatic heterocycles. The van der Waals surface area contributed by atoms with E-state index in [1.165, 1.54) is 0 Å². The average Bonchev–Trinajstić information content (AvgIpc) is 2.38. The quantitative estimate of drug-likeness (QED) is 0.900. The SMILES string of the molecule is CC(c1ccccn1)C(N)c1cccc(Cl)c1. The number of rotatable bonds is 3. The Hall–Kier alpha value is -1.38. The fourth-order valence-electron chi connectivity index (χ4n) is 1.83. The van der Waals surface area contributed by atoms with E-state index in [1.54, 1.807) is 6.20 Å². The molecule has 2 unspecified atom stereocenters. The number of hydrogen-bond donors (Lipinski definition) is 1. The van der Waals surface area contributed by atoms with E-state index in [-0.39, 0.29) is 12.0 Å². The molecule has 2 nitrogen and oxygen atoms in total. The maximum Gasteiger partial charge on any atom is 0.0450 e. The van der Waals surface area contributed by atoms with Gasteiger partial charge in [0.2, 0.25) is 0 Å². The Kier molecular flexibility index (Phi) is 3.77. The van der Waals surface area contributed by atoms with Crippen LogP contribution >= 0.6 is 11.6 Å². The van der Waals surface area contributed by atoms with Gasteiger partial charge in [0.25, 0.3) is 0 Å². The van der Waals surface area contributed by atoms with Gasteiger partial charge in [0.15, 0.2) is 0 Å². The van der Waals surface area contributed by atoms with Crippen LogP contribution in [0, 0.1) is 0 Å². The molecule has 2 aromatic rings. The fourth-order valence-corrected chi connectivity index (χ4v) is 2.03. The standard InChI is InChI=1S/C14H15ClN2/c1-10(13-7-2-3-8-17-13)14(16)11-5-4-6-12(15)9-11/h2-10,14H,16H2,1H3. The number of pyridine rings is 1. The van der Waals surface area contributed by atoms with Crippen LogP contribution in [-0.4, -0.2) is 4.98 Å². The Labute approximate surface area is 106 Å². The summed E-state index contributed by atoms with van der Waals surface area (Å²) in [7, 11) is 0. The maximum absolute atomic E-state index is 6.24. The number of nitrogens with two attached hydrogens (primary N) is 1. The van der Waals surface area contributed by atoms with Gasteiger partial charge in [-0.1, -0.05) is 36.7 Å². The van der Waals surface area contributed by atoms with Gasteiger partial charge in [0.05, 0.1) is 0 Å². The van der Waals surface area contributed by atoms with Crippen molar-refractivity contribution in [1.82, 2.24) is 4.98 Å². The van der Waals surface area contributed by atoms with Crippen LogP contribution < -0.4 is 5.73 Å². The summed E-state index contributed by atoms with van der Waals surface area (Å²) >= 11 is 5.97. The second-order valence-corrected chi connectivity index (χ2v) is 4.56. The van der Waals surface area contributed by atoms with Crippen molar-refractivity contribution in [2.45, 2.75) is 18.9 Å². The molecule has 0 aliphatic carbocycles. The Morgan fingerprint density at radius 1 is 1.18 bits per heavy atom. The van der Waals surface area contributed by atoms with Crippen LogP contribution in [0.15, 0.2) is 48.7 Å². The van der Waals surface area contributed by atoms with Crippen LogP contribution in [-0.2, 0) is 0 Å². The molecule has 0 saturated carbocycles. The van der Waals surface area contributed by atoms with Crippen LogP contribution in [0.2, 0.25) is 5.02 Å². The molecule has 1 heterocycles. The molecule has 0 radical (unpaired) electrons. The van der Waals surface area contributed by atoms with Crippen molar-refractivity contribution >= 4 is 11.6 Å². The Morgan fingerprint density at radius 3 is 2.65 bits per heavy atom. The van der Waals surface area contributed by atoms with Crippen molar-refractivity contribution in [2.24, 2.45) is 5.73 Å². The normalized spacial score (nSPS) is 14.3. The highest BCUT2D eigenvalue weighted by molar-refractivity contribution is 6.30. The van der Waals surface area contributed by atoms with E-state index in [1.807, 2.05) is 42.5 Å². The zero-order chi connectivity index (χ0) is 12.3. The fraction of sp³-hybridized carbons (Fsp3) is 0.214. The predicted octanol–water partition coefficient (Wildman–Crippen LogP) is 3.54. The molecule has 2 rings (SSSR count). The number of nitrogens with zero attached hydrogens (tertiary/aromatic N) is 1. The molecular weight excluding hydrogens is 232 g/mol. The van der Waals surface area contributed by atoms with Crippen LogP contribution in [0.1, 0.15) is 30.1 Å². The minimum Gasteiger partial charge on any atom is -0.323 e. The van der Waals surface area contributed by atoms with E-state index >= 15 is 0 Å². The number of benzene rings is 1. The molecule has 1 aromatic carbocycles. The lowest BCUT2D eigenvalue weighted by molar-refractivity contribution is 0.584. The largest absolute Gasteiger partial charge is 0.323 e. The first-order valence-corrected chi connectivity index (χ1v) is 5.98. The second kappa shape index (κ2) is 5.30. The summed E-state index contributed by atoms with van der Waals surface area (Å²) in [5.41, 5.74) is 8.28. The van der Waals surface area contributed by atoms with Crippen molar-refractivity contribution in [3.05, 3.63) is 64.9 Å². The Balaban J connectivity index is 2.23. The minimum atomic E-state index is -0.0939. The zero-order valence-electron chi connectivity index (χ0n) is 9.68. The van der Waals surface area contributed by atoms with Gasteiger partial charge in [-0.15, -0.1) is 0 Å². The highest BCUT2D eigenvalue weighted by Gasteiger charge is 2.17. The third-order valence-corrected chi connectivity index (χ3v) is 3.16. The molecule has 88 valence electrons. The van der Waals surface area contributed by atoms with Gasteiger partial charge in [0, 0.05) is 28.9 Å². The van der Waals surface area contributed by atoms with Gasteiger partial charge in [-0.3, -0.25) is 4.98 Å². The van der Waals surface area contributed by atoms with E-state index in [0.29, 0.717) is 5.02 Å². The number of hydrogen-bond acceptors (Lipinski definition) is 2. The van der Waals surface area contributed by atoms with Crippen LogP contribution in [0.25, 0.3) is 0 Å². The summed E-state index contributed by atoms with van der Waals surface area (Å²) in [6.45, 7) is 2.08. The summed E-state index contributed by atoms with van der Waals surface area (Å²) in [5, 5.41) is 0.714. The van der Waals surface area contributed by atoms with E-state index in [9.17, 15) is 0 Å². The third-order valence-electron chi connectivity index (χ3n) is 2.93. The Morgan fingerprint density at radius 2 is 2.00 bits per heavy atom. The monoisotopic (exact) mass is 246 g/mol. The number of aromatic nitrogens is 1. The molecule has 0 amide bonds. The first kappa shape index (κ1) is 12.1. The maximum atomic E-state index is 6.24. The summed E-state index contributed by atoms with van der Waals surface area (Å²) in [4.78, 5) is 4.33. The van der Waals surface area contributed by atoms with E-state index in [4.69, 9.17) is 17.3 Å². The van der Waals surface area contributed by atoms with E-state index in [2.05, 4.69) is 11.9 Å². The second-order valence-electron chi connectivity index (χ2n) is 4.12. The smallest absolute Gasteiger partial charge is 0.0450 e. The first-order valence-electron chi connectivity index (χ1n) is 5.60. The molecule has 0 saturated heterocycles. The molecule has 0 fully saturated rings. The van der Waals surface area contributed by atoms with Gasteiger partial charge >= 0.3 is 0 Å². The van der Waals surface area contributed by atoms with Crippen molar-refractivity contribution in [3.8, 4) is 0 Å². The van der Waals surface area contributed by atoms with E-state index in [0.717, 1.165) is 11.3 Å². The van der Waals surface area contributed by atoms with Gasteiger partial charge in [-0.25, -0.2) is 0 Å². The molecular formula is C14H15ClN2. The highest BCUT2D eigenvalue weighted by Crippen LogP contribution is 2.28. The summed E-state index contributed by atoms with van der Waals surface area (Å²) in [5.74, 6) is 0.162. The van der Waals surface area contributed by atoms with Gasteiger partial charge < -0.3 is 5.73 Å². The van der Waals surface area contributed by atoms with Gasteiger partial charge in [-0.2, -0.15) is 0 Å². The predicted molar refractivity (Wildman–Crippen MR) is 71.0 cm³/mol. The molecule has 2 atom stereocenters. The first-order chi connectivity index (χ1) is 8.18. The lowest BCUT2D eigenvalue weighted by atomic mass is 9.92. The minimum absolute atomic E-state index is 0.0939. The van der Waals surface area contributed by atoms with Gasteiger partial charge in [-0.05, 0) is 29.8 Å². The van der Waals surface area contributed by atoms with Crippen molar-refractivity contribution in [1.29, 1.82) is 0 Å². The average molecular weight is 247 g/mol. The molecule has 3 heteroatoms. The van der Waals surface area contributed by atoms with E-state index < -0.39 is 0 Å². The highest BCUT2D eigenvalue weighted by atomic mass is 35.5. The molecule has 17 heavy (non-hydrogen) atoms. The van der Waals surface area contributed by atoms with Crippen molar-refractivity contribution in [2.75, 3.05) is 0 Å². The summed E-state index contributed by atoms with van der Waals surface area (Å²) in [6, 6.07) is 13.5. The lowest BCUT2D eigenvalue weighted by Gasteiger charge is -2.20. The zero-order valence-corrected chi connectivity index (χ0v) is 10.4. The number of halogens is 1. The molecule has 2 N–H and O–H groups in total. The topological polar surface area (TPSA) is 38.9 Å². The van der Waals surface area contributed by atoms with Crippen molar-refractivity contribution < 1.29 is 0 Å².